The molecule has 0 bridgehead atoms. The number of anilines is 1. The predicted molar refractivity (Wildman–Crippen MR) is 86.1 cm³/mol. The third-order valence-corrected chi connectivity index (χ3v) is 4.52. The second-order valence-electron chi connectivity index (χ2n) is 3.80. The predicted octanol–water partition coefficient (Wildman–Crippen LogP) is 4.08. The molecular weight excluding hydrogens is 346 g/mol. The summed E-state index contributed by atoms with van der Waals surface area (Å²) in [5, 5.41) is 0. The fraction of sp³-hybridized carbons (Fsp3) is 0.231. The van der Waals surface area contributed by atoms with Gasteiger partial charge in [-0.3, -0.25) is 9.69 Å². The molecule has 0 saturated carbocycles. The minimum atomic E-state index is -0.122. The number of thiocarbonyl (C=S) groups is 1. The zero-order valence-electron chi connectivity index (χ0n) is 10.5. The quantitative estimate of drug-likeness (QED) is 0.463. The molecule has 1 aromatic carbocycles. The molecule has 1 aromatic rings. The van der Waals surface area contributed by atoms with Gasteiger partial charge in [0.15, 0.2) is 4.32 Å². The van der Waals surface area contributed by atoms with Crippen LogP contribution in [0.4, 0.5) is 5.69 Å². The Morgan fingerprint density at radius 1 is 1.42 bits per heavy atom. The van der Waals surface area contributed by atoms with Crippen LogP contribution >= 0.6 is 39.9 Å². The van der Waals surface area contributed by atoms with Gasteiger partial charge in [0.2, 0.25) is 0 Å². The number of allylic oxidation sites excluding steroid dienone is 1. The maximum Gasteiger partial charge on any atom is 0.274 e. The Kier molecular flexibility index (Phi) is 4.65. The Morgan fingerprint density at radius 3 is 2.63 bits per heavy atom. The topological polar surface area (TPSA) is 29.5 Å². The number of carbonyl (C=O) groups is 1. The van der Waals surface area contributed by atoms with Gasteiger partial charge in [-0.1, -0.05) is 39.9 Å². The third-order valence-electron chi connectivity index (χ3n) is 2.53. The zero-order chi connectivity index (χ0) is 14.0. The fourth-order valence-corrected chi connectivity index (χ4v) is 3.22. The van der Waals surface area contributed by atoms with E-state index in [1.165, 1.54) is 16.7 Å². The summed E-state index contributed by atoms with van der Waals surface area (Å²) < 4.78 is 6.88. The molecule has 1 heterocycles. The summed E-state index contributed by atoms with van der Waals surface area (Å²) >= 11 is 9.93. The summed E-state index contributed by atoms with van der Waals surface area (Å²) in [5.74, 6) is 0.503. The van der Waals surface area contributed by atoms with Crippen LogP contribution in [0.1, 0.15) is 13.8 Å². The summed E-state index contributed by atoms with van der Waals surface area (Å²) in [4.78, 5) is 14.5. The summed E-state index contributed by atoms with van der Waals surface area (Å²) in [6.07, 6.45) is 0. The van der Waals surface area contributed by atoms with Crippen molar-refractivity contribution in [3.8, 4) is 0 Å². The van der Waals surface area contributed by atoms with Crippen LogP contribution in [0, 0.1) is 0 Å². The summed E-state index contributed by atoms with van der Waals surface area (Å²) in [6, 6.07) is 7.47. The van der Waals surface area contributed by atoms with Gasteiger partial charge >= 0.3 is 0 Å². The molecule has 100 valence electrons. The lowest BCUT2D eigenvalue weighted by molar-refractivity contribution is -0.113. The number of nitrogens with zero attached hydrogens (tertiary/aromatic N) is 1. The van der Waals surface area contributed by atoms with E-state index in [9.17, 15) is 4.79 Å². The summed E-state index contributed by atoms with van der Waals surface area (Å²) in [5.41, 5.74) is 0.769. The van der Waals surface area contributed by atoms with Crippen molar-refractivity contribution in [2.45, 2.75) is 13.8 Å². The van der Waals surface area contributed by atoms with E-state index in [1.807, 2.05) is 31.2 Å². The Morgan fingerprint density at radius 2 is 2.05 bits per heavy atom. The molecule has 0 spiro atoms. The van der Waals surface area contributed by atoms with Crippen LogP contribution in [-0.4, -0.2) is 16.8 Å². The maximum absolute atomic E-state index is 12.4. The van der Waals surface area contributed by atoms with E-state index >= 15 is 0 Å². The van der Waals surface area contributed by atoms with Crippen molar-refractivity contribution < 1.29 is 9.53 Å². The molecule has 1 fully saturated rings. The van der Waals surface area contributed by atoms with Crippen LogP contribution in [0.2, 0.25) is 0 Å². The molecule has 19 heavy (non-hydrogen) atoms. The van der Waals surface area contributed by atoms with Gasteiger partial charge < -0.3 is 4.74 Å². The van der Waals surface area contributed by atoms with Crippen LogP contribution in [-0.2, 0) is 9.53 Å². The van der Waals surface area contributed by atoms with Gasteiger partial charge in [0.05, 0.1) is 12.3 Å². The van der Waals surface area contributed by atoms with Crippen LogP contribution in [0.15, 0.2) is 39.4 Å². The van der Waals surface area contributed by atoms with Crippen molar-refractivity contribution in [1.82, 2.24) is 0 Å². The SMILES string of the molecule is CCO/C(C)=C1\SC(=S)N(c2ccc(Br)cc2)C1=O. The number of carbonyl (C=O) groups excluding carboxylic acids is 1. The molecule has 1 amide bonds. The highest BCUT2D eigenvalue weighted by molar-refractivity contribution is 9.10. The Labute approximate surface area is 130 Å². The van der Waals surface area contributed by atoms with Gasteiger partial charge in [0.1, 0.15) is 10.7 Å². The highest BCUT2D eigenvalue weighted by atomic mass is 79.9. The number of hydrogen-bond donors (Lipinski definition) is 0. The number of benzene rings is 1. The Balaban J connectivity index is 2.34. The van der Waals surface area contributed by atoms with E-state index in [0.717, 1.165) is 10.2 Å². The Bertz CT molecular complexity index is 554. The molecule has 0 radical (unpaired) electrons. The molecule has 0 aromatic heterocycles. The van der Waals surface area contributed by atoms with E-state index in [1.54, 1.807) is 6.92 Å². The molecule has 2 rings (SSSR count). The first-order valence-corrected chi connectivity index (χ1v) is 7.72. The van der Waals surface area contributed by atoms with Crippen molar-refractivity contribution >= 4 is 55.8 Å². The second-order valence-corrected chi connectivity index (χ2v) is 6.36. The number of thioether (sulfide) groups is 1. The molecule has 0 atom stereocenters. The van der Waals surface area contributed by atoms with Crippen molar-refractivity contribution in [2.75, 3.05) is 11.5 Å². The lowest BCUT2D eigenvalue weighted by Crippen LogP contribution is -2.27. The average molecular weight is 358 g/mol. The third kappa shape index (κ3) is 3.01. The normalized spacial score (nSPS) is 17.9. The average Bonchev–Trinajstić information content (AvgIpc) is 2.67. The van der Waals surface area contributed by atoms with E-state index in [2.05, 4.69) is 15.9 Å². The van der Waals surface area contributed by atoms with Gasteiger partial charge in [0, 0.05) is 4.47 Å². The van der Waals surface area contributed by atoms with E-state index in [4.69, 9.17) is 17.0 Å². The van der Waals surface area contributed by atoms with Crippen LogP contribution in [0.25, 0.3) is 0 Å². The monoisotopic (exact) mass is 357 g/mol. The van der Waals surface area contributed by atoms with E-state index in [0.29, 0.717) is 21.6 Å². The van der Waals surface area contributed by atoms with Crippen molar-refractivity contribution in [3.05, 3.63) is 39.4 Å². The molecule has 6 heteroatoms. The maximum atomic E-state index is 12.4. The Hall–Kier alpha value is -0.850. The molecule has 1 aliphatic heterocycles. The largest absolute Gasteiger partial charge is 0.497 e. The number of rotatable bonds is 3. The fourth-order valence-electron chi connectivity index (χ4n) is 1.68. The molecule has 1 aliphatic rings. The first-order valence-electron chi connectivity index (χ1n) is 5.70. The molecule has 3 nitrogen and oxygen atoms in total. The minimum absolute atomic E-state index is 0.122. The van der Waals surface area contributed by atoms with Crippen LogP contribution in [0.3, 0.4) is 0 Å². The number of hydrogen-bond acceptors (Lipinski definition) is 4. The number of amides is 1. The van der Waals surface area contributed by atoms with Gasteiger partial charge in [-0.15, -0.1) is 0 Å². The number of ether oxygens (including phenoxy) is 1. The standard InChI is InChI=1S/C13H12BrNO2S2/c1-3-17-8(2)11-12(16)15(13(18)19-11)10-6-4-9(14)5-7-10/h4-7H,3H2,1-2H3/b11-8-. The molecular formula is C13H12BrNO2S2. The smallest absolute Gasteiger partial charge is 0.274 e. The van der Waals surface area contributed by atoms with Gasteiger partial charge in [-0.05, 0) is 38.1 Å². The number of halogens is 1. The van der Waals surface area contributed by atoms with Crippen molar-refractivity contribution in [2.24, 2.45) is 0 Å². The minimum Gasteiger partial charge on any atom is -0.497 e. The lowest BCUT2D eigenvalue weighted by Gasteiger charge is -2.14. The van der Waals surface area contributed by atoms with E-state index < -0.39 is 0 Å². The zero-order valence-corrected chi connectivity index (χ0v) is 13.7. The van der Waals surface area contributed by atoms with Crippen LogP contribution in [0.5, 0.6) is 0 Å². The lowest BCUT2D eigenvalue weighted by atomic mass is 10.3. The summed E-state index contributed by atoms with van der Waals surface area (Å²) in [6.45, 7) is 4.21. The van der Waals surface area contributed by atoms with Crippen LogP contribution < -0.4 is 4.90 Å². The highest BCUT2D eigenvalue weighted by Gasteiger charge is 2.35. The first-order chi connectivity index (χ1) is 9.04. The van der Waals surface area contributed by atoms with Gasteiger partial charge in [0.25, 0.3) is 5.91 Å². The molecule has 1 saturated heterocycles. The van der Waals surface area contributed by atoms with Crippen molar-refractivity contribution in [3.63, 3.8) is 0 Å². The molecule has 0 unspecified atom stereocenters. The second kappa shape index (κ2) is 6.07. The summed E-state index contributed by atoms with van der Waals surface area (Å²) in [7, 11) is 0. The molecule has 0 N–H and O–H groups in total. The van der Waals surface area contributed by atoms with Gasteiger partial charge in [-0.2, -0.15) is 0 Å². The van der Waals surface area contributed by atoms with E-state index in [-0.39, 0.29) is 5.91 Å². The van der Waals surface area contributed by atoms with Crippen molar-refractivity contribution in [1.29, 1.82) is 0 Å². The first kappa shape index (κ1) is 14.6. The molecule has 0 aliphatic carbocycles. The highest BCUT2D eigenvalue weighted by Crippen LogP contribution is 2.37. The van der Waals surface area contributed by atoms with Gasteiger partial charge in [-0.25, -0.2) is 0 Å².